The fourth-order valence-corrected chi connectivity index (χ4v) is 2.67. The van der Waals surface area contributed by atoms with Gasteiger partial charge >= 0.3 is 0 Å². The van der Waals surface area contributed by atoms with E-state index in [0.29, 0.717) is 6.04 Å². The molecular weight excluding hydrogens is 260 g/mol. The van der Waals surface area contributed by atoms with Crippen LogP contribution in [0.5, 0.6) is 0 Å². The summed E-state index contributed by atoms with van der Waals surface area (Å²) in [6.45, 7) is 12.3. The van der Waals surface area contributed by atoms with Crippen LogP contribution in [0.1, 0.15) is 35.3 Å². The van der Waals surface area contributed by atoms with Crippen LogP contribution in [0.15, 0.2) is 18.2 Å². The quantitative estimate of drug-likeness (QED) is 0.847. The lowest BCUT2D eigenvalue weighted by Crippen LogP contribution is -2.33. The molecule has 0 aliphatic heterocycles. The summed E-state index contributed by atoms with van der Waals surface area (Å²) in [4.78, 5) is 6.95. The van der Waals surface area contributed by atoms with Gasteiger partial charge in [0.25, 0.3) is 0 Å². The molecule has 0 spiro atoms. The van der Waals surface area contributed by atoms with Gasteiger partial charge in [-0.25, -0.2) is 0 Å². The second-order valence-electron chi connectivity index (χ2n) is 6.15. The predicted molar refractivity (Wildman–Crippen MR) is 86.3 cm³/mol. The Balaban J connectivity index is 2.02. The van der Waals surface area contributed by atoms with E-state index in [1.165, 1.54) is 11.3 Å². The molecule has 0 aliphatic rings. The van der Waals surface area contributed by atoms with E-state index in [2.05, 4.69) is 72.6 Å². The van der Waals surface area contributed by atoms with Crippen molar-refractivity contribution in [1.82, 2.24) is 19.7 Å². The molecule has 0 fully saturated rings. The van der Waals surface area contributed by atoms with Gasteiger partial charge in [0.1, 0.15) is 0 Å². The van der Waals surface area contributed by atoms with Gasteiger partial charge in [-0.2, -0.15) is 5.10 Å². The smallest absolute Gasteiger partial charge is 0.0596 e. The lowest BCUT2D eigenvalue weighted by Gasteiger charge is -2.25. The number of hydrogen-bond donors (Lipinski definition) is 0. The van der Waals surface area contributed by atoms with Crippen molar-refractivity contribution in [3.63, 3.8) is 0 Å². The van der Waals surface area contributed by atoms with E-state index < -0.39 is 0 Å². The van der Waals surface area contributed by atoms with Crippen LogP contribution < -0.4 is 0 Å². The van der Waals surface area contributed by atoms with Crippen LogP contribution >= 0.6 is 0 Å². The van der Waals surface area contributed by atoms with Crippen LogP contribution in [0.25, 0.3) is 0 Å². The maximum Gasteiger partial charge on any atom is 0.0596 e. The molecule has 2 heterocycles. The monoisotopic (exact) mass is 286 g/mol. The first-order chi connectivity index (χ1) is 9.85. The van der Waals surface area contributed by atoms with Crippen molar-refractivity contribution in [2.45, 2.75) is 53.8 Å². The largest absolute Gasteiger partial charge is 0.296 e. The maximum absolute atomic E-state index is 4.62. The van der Waals surface area contributed by atoms with Crippen molar-refractivity contribution in [1.29, 1.82) is 0 Å². The number of aryl methyl sites for hydroxylation is 4. The van der Waals surface area contributed by atoms with Crippen molar-refractivity contribution in [2.75, 3.05) is 7.05 Å². The Labute approximate surface area is 127 Å². The van der Waals surface area contributed by atoms with Gasteiger partial charge in [0.2, 0.25) is 0 Å². The van der Waals surface area contributed by atoms with E-state index in [1.807, 2.05) is 6.92 Å². The third kappa shape index (κ3) is 4.14. The zero-order valence-electron chi connectivity index (χ0n) is 14.0. The number of pyridine rings is 1. The Morgan fingerprint density at radius 3 is 2.38 bits per heavy atom. The summed E-state index contributed by atoms with van der Waals surface area (Å²) in [5.74, 6) is 0. The van der Waals surface area contributed by atoms with Crippen LogP contribution in [0.2, 0.25) is 0 Å². The van der Waals surface area contributed by atoms with Crippen molar-refractivity contribution < 1.29 is 0 Å². The van der Waals surface area contributed by atoms with E-state index in [0.717, 1.165) is 30.2 Å². The highest BCUT2D eigenvalue weighted by Crippen LogP contribution is 2.11. The van der Waals surface area contributed by atoms with Crippen molar-refractivity contribution >= 4 is 0 Å². The molecule has 4 heteroatoms. The Hall–Kier alpha value is -1.68. The topological polar surface area (TPSA) is 34.0 Å². The summed E-state index contributed by atoms with van der Waals surface area (Å²) >= 11 is 0. The first-order valence-corrected chi connectivity index (χ1v) is 7.50. The molecule has 0 bridgehead atoms. The lowest BCUT2D eigenvalue weighted by molar-refractivity contribution is 0.218. The molecule has 114 valence electrons. The van der Waals surface area contributed by atoms with E-state index in [-0.39, 0.29) is 0 Å². The van der Waals surface area contributed by atoms with Gasteiger partial charge in [0.05, 0.1) is 17.9 Å². The van der Waals surface area contributed by atoms with Gasteiger partial charge in [0, 0.05) is 24.0 Å². The van der Waals surface area contributed by atoms with Gasteiger partial charge in [-0.05, 0) is 65.4 Å². The summed E-state index contributed by atoms with van der Waals surface area (Å²) in [6, 6.07) is 6.81. The average Bonchev–Trinajstić information content (AvgIpc) is 2.66. The fraction of sp³-hybridized carbons (Fsp3) is 0.529. The second-order valence-corrected chi connectivity index (χ2v) is 6.15. The van der Waals surface area contributed by atoms with Crippen LogP contribution in [-0.2, 0) is 13.1 Å². The zero-order chi connectivity index (χ0) is 15.6. The van der Waals surface area contributed by atoms with Crippen LogP contribution in [-0.4, -0.2) is 32.8 Å². The summed E-state index contributed by atoms with van der Waals surface area (Å²) in [7, 11) is 2.15. The molecule has 2 rings (SSSR count). The Morgan fingerprint density at radius 2 is 1.81 bits per heavy atom. The molecule has 0 aliphatic carbocycles. The van der Waals surface area contributed by atoms with Gasteiger partial charge in [-0.1, -0.05) is 0 Å². The SMILES string of the molecule is Cc1cc(C)nc(CN(C)C(C)Cn2nc(C)cc2C)c1. The lowest BCUT2D eigenvalue weighted by atomic mass is 10.2. The first-order valence-electron chi connectivity index (χ1n) is 7.50. The highest BCUT2D eigenvalue weighted by atomic mass is 15.3. The minimum Gasteiger partial charge on any atom is -0.296 e. The van der Waals surface area contributed by atoms with Crippen LogP contribution in [0.4, 0.5) is 0 Å². The molecule has 1 unspecified atom stereocenters. The van der Waals surface area contributed by atoms with Crippen LogP contribution in [0, 0.1) is 27.7 Å². The minimum atomic E-state index is 0.408. The third-order valence-electron chi connectivity index (χ3n) is 3.86. The molecule has 0 aromatic carbocycles. The first kappa shape index (κ1) is 15.7. The zero-order valence-corrected chi connectivity index (χ0v) is 14.0. The number of nitrogens with zero attached hydrogens (tertiary/aromatic N) is 4. The molecule has 21 heavy (non-hydrogen) atoms. The average molecular weight is 286 g/mol. The summed E-state index contributed by atoms with van der Waals surface area (Å²) in [5, 5.41) is 4.54. The van der Waals surface area contributed by atoms with Crippen molar-refractivity contribution in [3.05, 3.63) is 46.5 Å². The Kier molecular flexibility index (Phi) is 4.78. The third-order valence-corrected chi connectivity index (χ3v) is 3.86. The molecule has 0 saturated heterocycles. The minimum absolute atomic E-state index is 0.408. The molecule has 2 aromatic heterocycles. The van der Waals surface area contributed by atoms with E-state index in [4.69, 9.17) is 0 Å². The van der Waals surface area contributed by atoms with Crippen molar-refractivity contribution in [3.8, 4) is 0 Å². The molecule has 4 nitrogen and oxygen atoms in total. The maximum atomic E-state index is 4.62. The second kappa shape index (κ2) is 6.39. The van der Waals surface area contributed by atoms with E-state index in [1.54, 1.807) is 0 Å². The molecule has 0 N–H and O–H groups in total. The van der Waals surface area contributed by atoms with E-state index >= 15 is 0 Å². The Morgan fingerprint density at radius 1 is 1.10 bits per heavy atom. The summed E-state index contributed by atoms with van der Waals surface area (Å²) < 4.78 is 2.09. The number of rotatable bonds is 5. The van der Waals surface area contributed by atoms with Crippen molar-refractivity contribution in [2.24, 2.45) is 0 Å². The van der Waals surface area contributed by atoms with E-state index in [9.17, 15) is 0 Å². The molecule has 1 atom stereocenters. The van der Waals surface area contributed by atoms with Gasteiger partial charge in [-0.15, -0.1) is 0 Å². The number of aromatic nitrogens is 3. The summed E-state index contributed by atoms with van der Waals surface area (Å²) in [6.07, 6.45) is 0. The molecule has 0 radical (unpaired) electrons. The fourth-order valence-electron chi connectivity index (χ4n) is 2.67. The predicted octanol–water partition coefficient (Wildman–Crippen LogP) is 3.03. The van der Waals surface area contributed by atoms with Crippen LogP contribution in [0.3, 0.4) is 0 Å². The van der Waals surface area contributed by atoms with Gasteiger partial charge in [-0.3, -0.25) is 14.6 Å². The highest BCUT2D eigenvalue weighted by Gasteiger charge is 2.13. The number of likely N-dealkylation sites (N-methyl/N-ethyl adjacent to an activating group) is 1. The number of hydrogen-bond acceptors (Lipinski definition) is 3. The summed E-state index contributed by atoms with van der Waals surface area (Å²) in [5.41, 5.74) is 5.80. The molecule has 0 amide bonds. The normalized spacial score (nSPS) is 12.9. The highest BCUT2D eigenvalue weighted by molar-refractivity contribution is 5.19. The Bertz CT molecular complexity index is 595. The van der Waals surface area contributed by atoms with Gasteiger partial charge < -0.3 is 0 Å². The van der Waals surface area contributed by atoms with Gasteiger partial charge in [0.15, 0.2) is 0 Å². The molecular formula is C17H26N4. The standard InChI is InChI=1S/C17H26N4/c1-12-7-13(2)18-17(8-12)11-20(6)16(5)10-21-15(4)9-14(3)19-21/h7-9,16H,10-11H2,1-6H3. The molecule has 2 aromatic rings. The molecule has 0 saturated carbocycles.